The summed E-state index contributed by atoms with van der Waals surface area (Å²) in [5.74, 6) is -0.875. The highest BCUT2D eigenvalue weighted by molar-refractivity contribution is 5.71. The lowest BCUT2D eigenvalue weighted by atomic mass is 10.0. The van der Waals surface area contributed by atoms with E-state index < -0.39 is 6.10 Å². The summed E-state index contributed by atoms with van der Waals surface area (Å²) in [5.41, 5.74) is 0. The predicted molar refractivity (Wildman–Crippen MR) is 298 cm³/mol. The molecule has 69 heavy (non-hydrogen) atoms. The van der Waals surface area contributed by atoms with E-state index in [0.717, 1.165) is 89.9 Å². The van der Waals surface area contributed by atoms with Crippen molar-refractivity contribution < 1.29 is 28.6 Å². The monoisotopic (exact) mass is 965 g/mol. The van der Waals surface area contributed by atoms with Crippen molar-refractivity contribution in [3.8, 4) is 0 Å². The van der Waals surface area contributed by atoms with Crippen molar-refractivity contribution in [2.45, 2.75) is 309 Å². The lowest BCUT2D eigenvalue weighted by Crippen LogP contribution is -2.30. The van der Waals surface area contributed by atoms with Gasteiger partial charge >= 0.3 is 17.9 Å². The van der Waals surface area contributed by atoms with Gasteiger partial charge in [0, 0.05) is 19.3 Å². The van der Waals surface area contributed by atoms with Gasteiger partial charge in [-0.1, -0.05) is 261 Å². The van der Waals surface area contributed by atoms with Crippen LogP contribution in [0.4, 0.5) is 0 Å². The Morgan fingerprint density at radius 2 is 0.565 bits per heavy atom. The topological polar surface area (TPSA) is 78.9 Å². The summed E-state index contributed by atoms with van der Waals surface area (Å²) in [6.45, 7) is 6.54. The number of ether oxygens (including phenoxy) is 3. The molecule has 1 unspecified atom stereocenters. The molecule has 0 aromatic carbocycles. The van der Waals surface area contributed by atoms with E-state index in [1.54, 1.807) is 0 Å². The Kier molecular flexibility index (Phi) is 55.3. The van der Waals surface area contributed by atoms with Crippen molar-refractivity contribution in [3.05, 3.63) is 60.8 Å². The third kappa shape index (κ3) is 55.9. The first kappa shape index (κ1) is 66.1. The molecule has 0 aromatic rings. The lowest BCUT2D eigenvalue weighted by molar-refractivity contribution is -0.167. The Morgan fingerprint density at radius 1 is 0.304 bits per heavy atom. The zero-order chi connectivity index (χ0) is 50.0. The van der Waals surface area contributed by atoms with Crippen molar-refractivity contribution in [3.63, 3.8) is 0 Å². The van der Waals surface area contributed by atoms with Gasteiger partial charge in [-0.05, 0) is 83.5 Å². The van der Waals surface area contributed by atoms with Gasteiger partial charge in [-0.3, -0.25) is 14.4 Å². The number of rotatable bonds is 54. The molecule has 0 aromatic heterocycles. The highest BCUT2D eigenvalue weighted by Gasteiger charge is 2.19. The summed E-state index contributed by atoms with van der Waals surface area (Å²) in [5, 5.41) is 0. The summed E-state index contributed by atoms with van der Waals surface area (Å²) in [6, 6.07) is 0. The Bertz CT molecular complexity index is 1250. The van der Waals surface area contributed by atoms with E-state index in [4.69, 9.17) is 14.2 Å². The molecule has 0 saturated carbocycles. The van der Waals surface area contributed by atoms with E-state index in [0.29, 0.717) is 19.3 Å². The van der Waals surface area contributed by atoms with Crippen LogP contribution in [0, 0.1) is 0 Å². The maximum atomic E-state index is 12.9. The zero-order valence-electron chi connectivity index (χ0n) is 45.8. The van der Waals surface area contributed by atoms with Crippen molar-refractivity contribution in [1.29, 1.82) is 0 Å². The molecule has 0 aliphatic heterocycles. The molecule has 0 heterocycles. The molecule has 0 aliphatic carbocycles. The van der Waals surface area contributed by atoms with E-state index in [1.165, 1.54) is 173 Å². The molecule has 6 heteroatoms. The molecule has 0 rings (SSSR count). The molecule has 0 amide bonds. The SMILES string of the molecule is CC/C=C\C/C=C\C/C=C\C/C=C\CCCCCCCCCCC(=O)OCC(COC(=O)CCCCCCCCCCCCCC)OC(=O)CCCCCCCCC/C=C\CCCCCCCCC. The maximum Gasteiger partial charge on any atom is 0.306 e. The average Bonchev–Trinajstić information content (AvgIpc) is 3.35. The normalized spacial score (nSPS) is 12.4. The van der Waals surface area contributed by atoms with Gasteiger partial charge < -0.3 is 14.2 Å². The summed E-state index contributed by atoms with van der Waals surface area (Å²) in [7, 11) is 0. The summed E-state index contributed by atoms with van der Waals surface area (Å²) < 4.78 is 16.9. The maximum absolute atomic E-state index is 12.9. The Balaban J connectivity index is 4.34. The second-order valence-corrected chi connectivity index (χ2v) is 19.9. The van der Waals surface area contributed by atoms with Crippen LogP contribution >= 0.6 is 0 Å². The fourth-order valence-corrected chi connectivity index (χ4v) is 8.55. The van der Waals surface area contributed by atoms with E-state index >= 15 is 0 Å². The first-order valence-electron chi connectivity index (χ1n) is 29.8. The fourth-order valence-electron chi connectivity index (χ4n) is 8.55. The van der Waals surface area contributed by atoms with Crippen LogP contribution in [0.15, 0.2) is 60.8 Å². The molecule has 0 aliphatic rings. The largest absolute Gasteiger partial charge is 0.462 e. The quantitative estimate of drug-likeness (QED) is 0.0262. The molecule has 0 N–H and O–H groups in total. The van der Waals surface area contributed by atoms with Gasteiger partial charge in [-0.2, -0.15) is 0 Å². The van der Waals surface area contributed by atoms with Crippen molar-refractivity contribution in [2.24, 2.45) is 0 Å². The van der Waals surface area contributed by atoms with Crippen molar-refractivity contribution >= 4 is 17.9 Å². The number of allylic oxidation sites excluding steroid dienone is 10. The molecular formula is C63H112O6. The van der Waals surface area contributed by atoms with Gasteiger partial charge in [-0.15, -0.1) is 0 Å². The number of hydrogen-bond acceptors (Lipinski definition) is 6. The molecule has 6 nitrogen and oxygen atoms in total. The second kappa shape index (κ2) is 57.7. The minimum absolute atomic E-state index is 0.0755. The van der Waals surface area contributed by atoms with E-state index in [-0.39, 0.29) is 31.1 Å². The molecule has 0 bridgehead atoms. The highest BCUT2D eigenvalue weighted by atomic mass is 16.6. The van der Waals surface area contributed by atoms with Gasteiger partial charge in [-0.25, -0.2) is 0 Å². The van der Waals surface area contributed by atoms with Gasteiger partial charge in [0.25, 0.3) is 0 Å². The Hall–Kier alpha value is -2.89. The lowest BCUT2D eigenvalue weighted by Gasteiger charge is -2.18. The number of carbonyl (C=O) groups is 3. The number of unbranched alkanes of at least 4 members (excludes halogenated alkanes) is 33. The fraction of sp³-hybridized carbons (Fsp3) is 0.794. The minimum Gasteiger partial charge on any atom is -0.462 e. The molecule has 0 fully saturated rings. The van der Waals surface area contributed by atoms with Crippen LogP contribution in [0.1, 0.15) is 303 Å². The van der Waals surface area contributed by atoms with Crippen LogP contribution in [0.25, 0.3) is 0 Å². The highest BCUT2D eigenvalue weighted by Crippen LogP contribution is 2.16. The summed E-state index contributed by atoms with van der Waals surface area (Å²) in [4.78, 5) is 38.2. The number of esters is 3. The van der Waals surface area contributed by atoms with Gasteiger partial charge in [0.2, 0.25) is 0 Å². The number of hydrogen-bond donors (Lipinski definition) is 0. The standard InChI is InChI=1S/C63H112O6/c1-4-7-10-13-16-19-22-25-27-29-31-32-33-35-36-38-41-44-47-50-53-56-62(65)68-59-60(58-67-61(64)55-52-49-46-43-40-24-21-18-15-12-9-6-3)69-63(66)57-54-51-48-45-42-39-37-34-30-28-26-23-20-17-14-11-8-5-2/h7,10,16,19,25,27-28,30-32,60H,4-6,8-9,11-15,17-18,20-24,26,29,33-59H2,1-3H3/b10-7-,19-16-,27-25-,30-28-,32-31-. The minimum atomic E-state index is -0.778. The number of carbonyl (C=O) groups excluding carboxylic acids is 3. The van der Waals surface area contributed by atoms with E-state index in [9.17, 15) is 14.4 Å². The average molecular weight is 966 g/mol. The van der Waals surface area contributed by atoms with Crippen LogP contribution in [0.2, 0.25) is 0 Å². The first-order valence-corrected chi connectivity index (χ1v) is 29.8. The Labute approximate surface area is 428 Å². The van der Waals surface area contributed by atoms with Crippen LogP contribution in [0.3, 0.4) is 0 Å². The van der Waals surface area contributed by atoms with Crippen molar-refractivity contribution in [2.75, 3.05) is 13.2 Å². The smallest absolute Gasteiger partial charge is 0.306 e. The van der Waals surface area contributed by atoms with Crippen LogP contribution < -0.4 is 0 Å². The third-order valence-electron chi connectivity index (χ3n) is 13.0. The van der Waals surface area contributed by atoms with Gasteiger partial charge in [0.05, 0.1) is 0 Å². The predicted octanol–water partition coefficient (Wildman–Crippen LogP) is 20.0. The molecule has 0 spiro atoms. The summed E-state index contributed by atoms with van der Waals surface area (Å²) in [6.07, 6.45) is 72.1. The molecule has 0 radical (unpaired) electrons. The van der Waals surface area contributed by atoms with Gasteiger partial charge in [0.15, 0.2) is 6.10 Å². The zero-order valence-corrected chi connectivity index (χ0v) is 45.8. The Morgan fingerprint density at radius 3 is 0.899 bits per heavy atom. The van der Waals surface area contributed by atoms with Crippen molar-refractivity contribution in [1.82, 2.24) is 0 Å². The van der Waals surface area contributed by atoms with E-state index in [2.05, 4.69) is 81.5 Å². The summed E-state index contributed by atoms with van der Waals surface area (Å²) >= 11 is 0. The third-order valence-corrected chi connectivity index (χ3v) is 13.0. The molecule has 1 atom stereocenters. The first-order chi connectivity index (χ1) is 34.0. The van der Waals surface area contributed by atoms with Crippen LogP contribution in [-0.4, -0.2) is 37.2 Å². The van der Waals surface area contributed by atoms with Crippen LogP contribution in [-0.2, 0) is 28.6 Å². The second-order valence-electron chi connectivity index (χ2n) is 19.9. The van der Waals surface area contributed by atoms with Gasteiger partial charge in [0.1, 0.15) is 13.2 Å². The van der Waals surface area contributed by atoms with E-state index in [1.807, 2.05) is 0 Å². The molecule has 400 valence electrons. The molecular weight excluding hydrogens is 853 g/mol. The van der Waals surface area contributed by atoms with Crippen LogP contribution in [0.5, 0.6) is 0 Å². The molecule has 0 saturated heterocycles.